The molecule has 182 valence electrons. The standard InChI is InChI=1S/C23H34N4O5S/c1-5-13-31-20-8-7-19(15-21(20)32-14-6-2)25-23(28)18-9-11-27(12-10-18)33(29,30)22-16-26(4)17(3)24-22/h7-8,15-16,18H,5-6,9-14H2,1-4H3,(H,25,28). The lowest BCUT2D eigenvalue weighted by atomic mass is 9.97. The van der Waals surface area contributed by atoms with E-state index in [2.05, 4.69) is 10.3 Å². The maximum absolute atomic E-state index is 12.9. The molecule has 2 heterocycles. The van der Waals surface area contributed by atoms with E-state index in [4.69, 9.17) is 9.47 Å². The van der Waals surface area contributed by atoms with Gasteiger partial charge in [-0.1, -0.05) is 13.8 Å². The lowest BCUT2D eigenvalue weighted by molar-refractivity contribution is -0.120. The molecule has 0 bridgehead atoms. The summed E-state index contributed by atoms with van der Waals surface area (Å²) in [5, 5.41) is 3.00. The second kappa shape index (κ2) is 11.0. The predicted octanol–water partition coefficient (Wildman–Crippen LogP) is 3.35. The normalized spacial score (nSPS) is 15.4. The van der Waals surface area contributed by atoms with Gasteiger partial charge in [-0.25, -0.2) is 13.4 Å². The number of ether oxygens (including phenoxy) is 2. The number of piperidine rings is 1. The first-order chi connectivity index (χ1) is 15.8. The number of aryl methyl sites for hydroxylation is 2. The van der Waals surface area contributed by atoms with E-state index in [0.717, 1.165) is 12.8 Å². The number of carbonyl (C=O) groups excluding carboxylic acids is 1. The van der Waals surface area contributed by atoms with Gasteiger partial charge in [0.25, 0.3) is 10.0 Å². The second-order valence-electron chi connectivity index (χ2n) is 8.26. The van der Waals surface area contributed by atoms with Crippen LogP contribution in [-0.4, -0.2) is 54.5 Å². The van der Waals surface area contributed by atoms with Gasteiger partial charge in [-0.2, -0.15) is 4.31 Å². The van der Waals surface area contributed by atoms with Crippen LogP contribution in [0.25, 0.3) is 0 Å². The molecule has 1 aliphatic rings. The first-order valence-corrected chi connectivity index (χ1v) is 12.9. The number of aromatic nitrogens is 2. The molecule has 1 fully saturated rings. The molecular weight excluding hydrogens is 444 g/mol. The van der Waals surface area contributed by atoms with Gasteiger partial charge in [-0.3, -0.25) is 4.79 Å². The van der Waals surface area contributed by atoms with Crippen LogP contribution in [0.1, 0.15) is 45.4 Å². The number of rotatable bonds is 10. The summed E-state index contributed by atoms with van der Waals surface area (Å²) in [7, 11) is -1.90. The number of carbonyl (C=O) groups is 1. The molecule has 1 aromatic carbocycles. The van der Waals surface area contributed by atoms with Crippen molar-refractivity contribution in [2.45, 2.75) is 51.5 Å². The summed E-state index contributed by atoms with van der Waals surface area (Å²) in [5.74, 6) is 1.51. The van der Waals surface area contributed by atoms with Crippen LogP contribution in [-0.2, 0) is 21.9 Å². The molecule has 1 saturated heterocycles. The van der Waals surface area contributed by atoms with Gasteiger partial charge >= 0.3 is 0 Å². The molecule has 10 heteroatoms. The van der Waals surface area contributed by atoms with E-state index in [0.29, 0.717) is 49.1 Å². The Balaban J connectivity index is 1.61. The maximum atomic E-state index is 12.9. The number of hydrogen-bond donors (Lipinski definition) is 1. The summed E-state index contributed by atoms with van der Waals surface area (Å²) < 4.78 is 40.4. The maximum Gasteiger partial charge on any atom is 0.262 e. The van der Waals surface area contributed by atoms with Crippen molar-refractivity contribution >= 4 is 21.6 Å². The van der Waals surface area contributed by atoms with Crippen LogP contribution in [0.5, 0.6) is 11.5 Å². The molecule has 1 aromatic heterocycles. The van der Waals surface area contributed by atoms with Gasteiger partial charge in [0.1, 0.15) is 5.82 Å². The van der Waals surface area contributed by atoms with Crippen molar-refractivity contribution in [2.24, 2.45) is 13.0 Å². The van der Waals surface area contributed by atoms with Crippen molar-refractivity contribution in [2.75, 3.05) is 31.6 Å². The summed E-state index contributed by atoms with van der Waals surface area (Å²) >= 11 is 0. The Labute approximate surface area is 196 Å². The number of amides is 1. The molecule has 0 saturated carbocycles. The molecule has 0 aliphatic carbocycles. The van der Waals surface area contributed by atoms with E-state index in [1.54, 1.807) is 36.7 Å². The molecule has 2 aromatic rings. The first-order valence-electron chi connectivity index (χ1n) is 11.5. The molecule has 0 spiro atoms. The van der Waals surface area contributed by atoms with Crippen LogP contribution in [0.3, 0.4) is 0 Å². The topological polar surface area (TPSA) is 103 Å². The molecule has 3 rings (SSSR count). The van der Waals surface area contributed by atoms with Crippen LogP contribution < -0.4 is 14.8 Å². The van der Waals surface area contributed by atoms with Gasteiger partial charge in [-0.05, 0) is 44.7 Å². The Kier molecular flexibility index (Phi) is 8.36. The summed E-state index contributed by atoms with van der Waals surface area (Å²) in [6.07, 6.45) is 4.18. The van der Waals surface area contributed by atoms with E-state index in [9.17, 15) is 13.2 Å². The summed E-state index contributed by atoms with van der Waals surface area (Å²) in [4.78, 5) is 17.0. The van der Waals surface area contributed by atoms with Crippen LogP contribution in [0, 0.1) is 12.8 Å². The van der Waals surface area contributed by atoms with E-state index >= 15 is 0 Å². The third-order valence-corrected chi connectivity index (χ3v) is 7.42. The fourth-order valence-electron chi connectivity index (χ4n) is 3.63. The highest BCUT2D eigenvalue weighted by Gasteiger charge is 2.33. The molecule has 0 radical (unpaired) electrons. The van der Waals surface area contributed by atoms with E-state index in [1.165, 1.54) is 10.5 Å². The minimum Gasteiger partial charge on any atom is -0.490 e. The Hall–Kier alpha value is -2.59. The Morgan fingerprint density at radius 2 is 1.76 bits per heavy atom. The third kappa shape index (κ3) is 6.05. The number of nitrogens with zero attached hydrogens (tertiary/aromatic N) is 3. The third-order valence-electron chi connectivity index (χ3n) is 5.65. The highest BCUT2D eigenvalue weighted by Crippen LogP contribution is 2.32. The van der Waals surface area contributed by atoms with Gasteiger partial charge in [0.2, 0.25) is 5.91 Å². The SMILES string of the molecule is CCCOc1ccc(NC(=O)C2CCN(S(=O)(=O)c3cn(C)c(C)n3)CC2)cc1OCCC. The monoisotopic (exact) mass is 478 g/mol. The van der Waals surface area contributed by atoms with Crippen molar-refractivity contribution in [3.8, 4) is 11.5 Å². The average molecular weight is 479 g/mol. The number of hydrogen-bond acceptors (Lipinski definition) is 6. The zero-order valence-electron chi connectivity index (χ0n) is 19.8. The number of sulfonamides is 1. The highest BCUT2D eigenvalue weighted by molar-refractivity contribution is 7.89. The molecule has 0 atom stereocenters. The summed E-state index contributed by atoms with van der Waals surface area (Å²) in [5.41, 5.74) is 0.633. The van der Waals surface area contributed by atoms with E-state index in [-0.39, 0.29) is 29.9 Å². The fraction of sp³-hybridized carbons (Fsp3) is 0.565. The Bertz CT molecular complexity index is 1040. The lowest BCUT2D eigenvalue weighted by Gasteiger charge is -2.30. The number of imidazole rings is 1. The van der Waals surface area contributed by atoms with Crippen molar-refractivity contribution in [3.63, 3.8) is 0 Å². The van der Waals surface area contributed by atoms with E-state index < -0.39 is 10.0 Å². The number of benzene rings is 1. The van der Waals surface area contributed by atoms with Crippen LogP contribution in [0.2, 0.25) is 0 Å². The van der Waals surface area contributed by atoms with Gasteiger partial charge in [0.15, 0.2) is 16.5 Å². The Morgan fingerprint density at radius 3 is 2.33 bits per heavy atom. The van der Waals surface area contributed by atoms with Crippen molar-refractivity contribution in [1.29, 1.82) is 0 Å². The molecule has 9 nitrogen and oxygen atoms in total. The highest BCUT2D eigenvalue weighted by atomic mass is 32.2. The zero-order valence-corrected chi connectivity index (χ0v) is 20.7. The van der Waals surface area contributed by atoms with Gasteiger partial charge in [0.05, 0.1) is 13.2 Å². The van der Waals surface area contributed by atoms with E-state index in [1.807, 2.05) is 13.8 Å². The number of anilines is 1. The molecule has 33 heavy (non-hydrogen) atoms. The van der Waals surface area contributed by atoms with Crippen LogP contribution in [0.4, 0.5) is 5.69 Å². The molecular formula is C23H34N4O5S. The lowest BCUT2D eigenvalue weighted by Crippen LogP contribution is -2.41. The largest absolute Gasteiger partial charge is 0.490 e. The minimum atomic E-state index is -3.66. The van der Waals surface area contributed by atoms with Crippen LogP contribution in [0.15, 0.2) is 29.4 Å². The average Bonchev–Trinajstić information content (AvgIpc) is 3.16. The summed E-state index contributed by atoms with van der Waals surface area (Å²) in [6.45, 7) is 7.54. The Morgan fingerprint density at radius 1 is 1.12 bits per heavy atom. The first kappa shape index (κ1) is 25.0. The predicted molar refractivity (Wildman–Crippen MR) is 126 cm³/mol. The zero-order chi connectivity index (χ0) is 24.0. The molecule has 1 aliphatic heterocycles. The molecule has 0 unspecified atom stereocenters. The smallest absolute Gasteiger partial charge is 0.262 e. The number of nitrogens with one attached hydrogen (secondary N) is 1. The van der Waals surface area contributed by atoms with Gasteiger partial charge < -0.3 is 19.4 Å². The van der Waals surface area contributed by atoms with Gasteiger partial charge in [0, 0.05) is 44.0 Å². The quantitative estimate of drug-likeness (QED) is 0.562. The summed E-state index contributed by atoms with van der Waals surface area (Å²) in [6, 6.07) is 5.38. The van der Waals surface area contributed by atoms with Crippen LogP contribution >= 0.6 is 0 Å². The fourth-order valence-corrected chi connectivity index (χ4v) is 5.12. The van der Waals surface area contributed by atoms with Crippen molar-refractivity contribution < 1.29 is 22.7 Å². The molecule has 1 N–H and O–H groups in total. The van der Waals surface area contributed by atoms with Crippen molar-refractivity contribution in [1.82, 2.24) is 13.9 Å². The van der Waals surface area contributed by atoms with Crippen molar-refractivity contribution in [3.05, 3.63) is 30.2 Å². The molecule has 1 amide bonds. The van der Waals surface area contributed by atoms with Gasteiger partial charge in [-0.15, -0.1) is 0 Å². The second-order valence-corrected chi connectivity index (χ2v) is 10.1. The minimum absolute atomic E-state index is 0.0513.